The Labute approximate surface area is 120 Å². The third-order valence-corrected chi connectivity index (χ3v) is 3.98. The summed E-state index contributed by atoms with van der Waals surface area (Å²) >= 11 is 6.07. The number of anilines is 1. The molecule has 0 amide bonds. The largest absolute Gasteiger partial charge is 0.370 e. The van der Waals surface area contributed by atoms with Gasteiger partial charge in [-0.25, -0.2) is 0 Å². The highest BCUT2D eigenvalue weighted by Gasteiger charge is 2.18. The van der Waals surface area contributed by atoms with Crippen molar-refractivity contribution in [3.63, 3.8) is 0 Å². The summed E-state index contributed by atoms with van der Waals surface area (Å²) in [6.07, 6.45) is 2.41. The molecule has 1 saturated heterocycles. The number of piperidine rings is 1. The van der Waals surface area contributed by atoms with E-state index < -0.39 is 0 Å². The standard InChI is InChI=1S/C15H20ClN3/c1-2-19(11-12-5-7-18-8-6-12)15-9-14(16)4-3-13(15)10-17/h3-4,9,12,18H,2,5-8,11H2,1H3. The minimum Gasteiger partial charge on any atom is -0.370 e. The summed E-state index contributed by atoms with van der Waals surface area (Å²) in [5.74, 6) is 0.701. The molecule has 1 aliphatic heterocycles. The van der Waals surface area contributed by atoms with Crippen molar-refractivity contribution in [1.82, 2.24) is 5.32 Å². The van der Waals surface area contributed by atoms with Crippen molar-refractivity contribution < 1.29 is 0 Å². The number of nitrogens with zero attached hydrogens (tertiary/aromatic N) is 2. The molecule has 1 N–H and O–H groups in total. The zero-order valence-electron chi connectivity index (χ0n) is 11.3. The minimum atomic E-state index is 0.692. The number of benzene rings is 1. The van der Waals surface area contributed by atoms with Crippen LogP contribution < -0.4 is 10.2 Å². The molecular formula is C15H20ClN3. The van der Waals surface area contributed by atoms with Crippen LogP contribution in [-0.4, -0.2) is 26.2 Å². The number of hydrogen-bond acceptors (Lipinski definition) is 3. The molecule has 0 radical (unpaired) electrons. The molecular weight excluding hydrogens is 258 g/mol. The van der Waals surface area contributed by atoms with Crippen molar-refractivity contribution in [1.29, 1.82) is 5.26 Å². The molecule has 1 heterocycles. The van der Waals surface area contributed by atoms with E-state index in [9.17, 15) is 5.26 Å². The number of nitriles is 1. The Morgan fingerprint density at radius 3 is 2.79 bits per heavy atom. The zero-order valence-corrected chi connectivity index (χ0v) is 12.1. The van der Waals surface area contributed by atoms with Gasteiger partial charge in [-0.05, 0) is 57.0 Å². The van der Waals surface area contributed by atoms with Gasteiger partial charge in [-0.15, -0.1) is 0 Å². The Kier molecular flexibility index (Phi) is 5.07. The maximum absolute atomic E-state index is 9.23. The van der Waals surface area contributed by atoms with Crippen LogP contribution in [0.1, 0.15) is 25.3 Å². The van der Waals surface area contributed by atoms with Crippen LogP contribution >= 0.6 is 11.6 Å². The van der Waals surface area contributed by atoms with E-state index in [-0.39, 0.29) is 0 Å². The molecule has 0 unspecified atom stereocenters. The highest BCUT2D eigenvalue weighted by atomic mass is 35.5. The second kappa shape index (κ2) is 6.79. The third kappa shape index (κ3) is 3.62. The van der Waals surface area contributed by atoms with E-state index in [1.54, 1.807) is 6.07 Å². The monoisotopic (exact) mass is 277 g/mol. The molecule has 3 nitrogen and oxygen atoms in total. The van der Waals surface area contributed by atoms with Gasteiger partial charge in [0.15, 0.2) is 0 Å². The molecule has 0 aromatic heterocycles. The molecule has 0 saturated carbocycles. The molecule has 0 atom stereocenters. The molecule has 1 aromatic carbocycles. The Balaban J connectivity index is 2.16. The second-order valence-corrected chi connectivity index (χ2v) is 5.44. The molecule has 0 spiro atoms. The first kappa shape index (κ1) is 14.2. The van der Waals surface area contributed by atoms with Crippen LogP contribution in [0, 0.1) is 17.2 Å². The fraction of sp³-hybridized carbons (Fsp3) is 0.533. The molecule has 1 aromatic rings. The van der Waals surface area contributed by atoms with Gasteiger partial charge in [0.05, 0.1) is 11.3 Å². The number of halogens is 1. The van der Waals surface area contributed by atoms with Crippen LogP contribution in [0.4, 0.5) is 5.69 Å². The van der Waals surface area contributed by atoms with E-state index in [1.807, 2.05) is 12.1 Å². The SMILES string of the molecule is CCN(CC1CCNCC1)c1cc(Cl)ccc1C#N. The van der Waals surface area contributed by atoms with Crippen molar-refractivity contribution in [2.24, 2.45) is 5.92 Å². The summed E-state index contributed by atoms with van der Waals surface area (Å²) < 4.78 is 0. The second-order valence-electron chi connectivity index (χ2n) is 5.01. The van der Waals surface area contributed by atoms with Gasteiger partial charge in [0.1, 0.15) is 6.07 Å². The lowest BCUT2D eigenvalue weighted by molar-refractivity contribution is 0.374. The fourth-order valence-corrected chi connectivity index (χ4v) is 2.80. The lowest BCUT2D eigenvalue weighted by atomic mass is 9.97. The first-order valence-electron chi connectivity index (χ1n) is 6.90. The molecule has 0 bridgehead atoms. The molecule has 4 heteroatoms. The lowest BCUT2D eigenvalue weighted by Gasteiger charge is -2.31. The minimum absolute atomic E-state index is 0.692. The van der Waals surface area contributed by atoms with Crippen LogP contribution in [0.3, 0.4) is 0 Å². The fourth-order valence-electron chi connectivity index (χ4n) is 2.63. The van der Waals surface area contributed by atoms with Crippen LogP contribution in [0.15, 0.2) is 18.2 Å². The molecule has 19 heavy (non-hydrogen) atoms. The summed E-state index contributed by atoms with van der Waals surface area (Å²) in [6, 6.07) is 7.76. The van der Waals surface area contributed by atoms with Crippen molar-refractivity contribution in [3.8, 4) is 6.07 Å². The highest BCUT2D eigenvalue weighted by molar-refractivity contribution is 6.30. The van der Waals surface area contributed by atoms with E-state index in [0.29, 0.717) is 16.5 Å². The Hall–Kier alpha value is -1.24. The van der Waals surface area contributed by atoms with Crippen molar-refractivity contribution in [2.75, 3.05) is 31.1 Å². The first-order chi connectivity index (χ1) is 9.24. The molecule has 2 rings (SSSR count). The summed E-state index contributed by atoms with van der Waals surface area (Å²) in [5, 5.41) is 13.3. The quantitative estimate of drug-likeness (QED) is 0.919. The lowest BCUT2D eigenvalue weighted by Crippen LogP contribution is -2.36. The van der Waals surface area contributed by atoms with E-state index in [4.69, 9.17) is 11.6 Å². The van der Waals surface area contributed by atoms with Gasteiger partial charge in [0.2, 0.25) is 0 Å². The van der Waals surface area contributed by atoms with Crippen molar-refractivity contribution >= 4 is 17.3 Å². The Bertz CT molecular complexity index is 461. The summed E-state index contributed by atoms with van der Waals surface area (Å²) in [4.78, 5) is 2.28. The predicted molar refractivity (Wildman–Crippen MR) is 79.6 cm³/mol. The molecule has 1 fully saturated rings. The average Bonchev–Trinajstić information content (AvgIpc) is 2.46. The van der Waals surface area contributed by atoms with Gasteiger partial charge in [-0.1, -0.05) is 11.6 Å². The van der Waals surface area contributed by atoms with E-state index >= 15 is 0 Å². The van der Waals surface area contributed by atoms with Crippen LogP contribution in [-0.2, 0) is 0 Å². The van der Waals surface area contributed by atoms with Gasteiger partial charge in [0, 0.05) is 18.1 Å². The zero-order chi connectivity index (χ0) is 13.7. The summed E-state index contributed by atoms with van der Waals surface area (Å²) in [7, 11) is 0. The molecule has 1 aliphatic rings. The number of hydrogen-bond donors (Lipinski definition) is 1. The van der Waals surface area contributed by atoms with Crippen LogP contribution in [0.2, 0.25) is 5.02 Å². The van der Waals surface area contributed by atoms with Gasteiger partial charge >= 0.3 is 0 Å². The van der Waals surface area contributed by atoms with Gasteiger partial charge in [-0.2, -0.15) is 5.26 Å². The number of rotatable bonds is 4. The third-order valence-electron chi connectivity index (χ3n) is 3.74. The van der Waals surface area contributed by atoms with Gasteiger partial charge in [-0.3, -0.25) is 0 Å². The van der Waals surface area contributed by atoms with E-state index in [2.05, 4.69) is 23.2 Å². The van der Waals surface area contributed by atoms with Crippen molar-refractivity contribution in [2.45, 2.75) is 19.8 Å². The molecule has 102 valence electrons. The maximum Gasteiger partial charge on any atom is 0.101 e. The van der Waals surface area contributed by atoms with Crippen LogP contribution in [0.25, 0.3) is 0 Å². The predicted octanol–water partition coefficient (Wildman–Crippen LogP) is 3.04. The average molecular weight is 278 g/mol. The first-order valence-corrected chi connectivity index (χ1v) is 7.27. The summed E-state index contributed by atoms with van der Waals surface area (Å²) in [5.41, 5.74) is 1.68. The number of nitrogens with one attached hydrogen (secondary N) is 1. The molecule has 0 aliphatic carbocycles. The maximum atomic E-state index is 9.23. The topological polar surface area (TPSA) is 39.1 Å². The Morgan fingerprint density at radius 1 is 1.42 bits per heavy atom. The van der Waals surface area contributed by atoms with E-state index in [0.717, 1.165) is 31.9 Å². The van der Waals surface area contributed by atoms with Crippen LogP contribution in [0.5, 0.6) is 0 Å². The van der Waals surface area contributed by atoms with Crippen molar-refractivity contribution in [3.05, 3.63) is 28.8 Å². The normalized spacial score (nSPS) is 16.1. The Morgan fingerprint density at radius 2 is 2.16 bits per heavy atom. The van der Waals surface area contributed by atoms with E-state index in [1.165, 1.54) is 12.8 Å². The van der Waals surface area contributed by atoms with Gasteiger partial charge in [0.25, 0.3) is 0 Å². The van der Waals surface area contributed by atoms with Gasteiger partial charge < -0.3 is 10.2 Å². The summed E-state index contributed by atoms with van der Waals surface area (Å²) in [6.45, 7) is 6.24. The highest BCUT2D eigenvalue weighted by Crippen LogP contribution is 2.26. The smallest absolute Gasteiger partial charge is 0.101 e.